The molecule has 1 heterocycles. The molecule has 0 aliphatic carbocycles. The molecule has 0 aromatic heterocycles. The Bertz CT molecular complexity index is 1070. The molecule has 0 bridgehead atoms. The fourth-order valence-electron chi connectivity index (χ4n) is 4.42. The third kappa shape index (κ3) is 13.8. The van der Waals surface area contributed by atoms with Crippen LogP contribution in [0.3, 0.4) is 0 Å². The fourth-order valence-corrected chi connectivity index (χ4v) is 6.67. The van der Waals surface area contributed by atoms with Gasteiger partial charge in [-0.1, -0.05) is 52.0 Å². The van der Waals surface area contributed by atoms with E-state index >= 15 is 0 Å². The standard InChI is InChI=1S/C28H52N3O9PS/c1-8-11-23(9-2)16-26(30-28(32)39-24-14-15-38-19-24)27(40-41(33,34)35)18-31(17-20(4)5)42(36,37)25(10-3)13-12-21(6)22(7)29/h8,10-13,20-24,26-27H,9,14-19,29H2,1-7H3,(H,30,32)(H2,33,34,35)/b11-8-,13-12-,25-10+/t21-,22-,23?,24+,26+,27-/m1/s1. The highest BCUT2D eigenvalue weighted by atomic mass is 32.2. The Labute approximate surface area is 252 Å². The number of phosphoric ester groups is 1. The van der Waals surface area contributed by atoms with Crippen LogP contribution in [0.25, 0.3) is 0 Å². The van der Waals surface area contributed by atoms with Crippen molar-refractivity contribution in [1.29, 1.82) is 0 Å². The predicted molar refractivity (Wildman–Crippen MR) is 164 cm³/mol. The number of nitrogens with zero attached hydrogens (tertiary/aromatic N) is 1. The Morgan fingerprint density at radius 1 is 1.19 bits per heavy atom. The van der Waals surface area contributed by atoms with Gasteiger partial charge in [0.2, 0.25) is 10.0 Å². The molecule has 42 heavy (non-hydrogen) atoms. The van der Waals surface area contributed by atoms with Gasteiger partial charge in [-0.25, -0.2) is 17.8 Å². The van der Waals surface area contributed by atoms with Crippen molar-refractivity contribution in [2.24, 2.45) is 23.5 Å². The first-order chi connectivity index (χ1) is 19.5. The van der Waals surface area contributed by atoms with Crippen LogP contribution in [0.2, 0.25) is 0 Å². The van der Waals surface area contributed by atoms with E-state index in [1.165, 1.54) is 12.2 Å². The summed E-state index contributed by atoms with van der Waals surface area (Å²) in [6.45, 7) is 13.1. The summed E-state index contributed by atoms with van der Waals surface area (Å²) in [7, 11) is -9.27. The molecule has 5 N–H and O–H groups in total. The van der Waals surface area contributed by atoms with Crippen molar-refractivity contribution in [1.82, 2.24) is 9.62 Å². The second-order valence-corrected chi connectivity index (χ2v) is 14.3. The van der Waals surface area contributed by atoms with Gasteiger partial charge in [0.1, 0.15) is 12.2 Å². The summed E-state index contributed by atoms with van der Waals surface area (Å²) in [5.41, 5.74) is 5.94. The summed E-state index contributed by atoms with van der Waals surface area (Å²) >= 11 is 0. The molecule has 1 unspecified atom stereocenters. The number of carbonyl (C=O) groups is 1. The molecular formula is C28H52N3O9PS. The van der Waals surface area contributed by atoms with Crippen LogP contribution >= 0.6 is 7.82 Å². The Balaban J connectivity index is 3.53. The zero-order valence-corrected chi connectivity index (χ0v) is 27.7. The van der Waals surface area contributed by atoms with Crippen molar-refractivity contribution in [2.45, 2.75) is 92.0 Å². The minimum absolute atomic E-state index is 0.0103. The van der Waals surface area contributed by atoms with Crippen molar-refractivity contribution in [2.75, 3.05) is 26.3 Å². The largest absolute Gasteiger partial charge is 0.469 e. The Morgan fingerprint density at radius 2 is 1.86 bits per heavy atom. The van der Waals surface area contributed by atoms with Crippen LogP contribution in [-0.4, -0.2) is 79.2 Å². The number of alkyl carbamates (subject to hydrolysis) is 1. The average molecular weight is 638 g/mol. The monoisotopic (exact) mass is 637 g/mol. The maximum atomic E-state index is 13.9. The molecule has 14 heteroatoms. The molecule has 244 valence electrons. The maximum absolute atomic E-state index is 13.9. The number of sulfonamides is 1. The number of allylic oxidation sites excluding steroid dienone is 4. The summed E-state index contributed by atoms with van der Waals surface area (Å²) in [6.07, 6.45) is 7.18. The van der Waals surface area contributed by atoms with Gasteiger partial charge in [-0.05, 0) is 57.4 Å². The molecule has 6 atom stereocenters. The van der Waals surface area contributed by atoms with Crippen molar-refractivity contribution in [3.8, 4) is 0 Å². The van der Waals surface area contributed by atoms with Crippen molar-refractivity contribution in [3.63, 3.8) is 0 Å². The molecule has 1 aliphatic rings. The van der Waals surface area contributed by atoms with Crippen LogP contribution in [0, 0.1) is 17.8 Å². The molecule has 12 nitrogen and oxygen atoms in total. The van der Waals surface area contributed by atoms with Crippen LogP contribution in [0.15, 0.2) is 35.3 Å². The summed E-state index contributed by atoms with van der Waals surface area (Å²) in [5.74, 6) is -0.325. The van der Waals surface area contributed by atoms with Crippen LogP contribution in [-0.2, 0) is 28.6 Å². The first kappa shape index (κ1) is 38.5. The van der Waals surface area contributed by atoms with Gasteiger partial charge in [-0.2, -0.15) is 4.31 Å². The summed E-state index contributed by atoms with van der Waals surface area (Å²) in [6, 6.07) is -1.19. The Kier molecular flexibility index (Phi) is 16.7. The number of hydrogen-bond acceptors (Lipinski definition) is 8. The fraction of sp³-hybridized carbons (Fsp3) is 0.750. The summed E-state index contributed by atoms with van der Waals surface area (Å²) < 4.78 is 57.1. The van der Waals surface area contributed by atoms with Crippen LogP contribution in [0.1, 0.15) is 67.7 Å². The van der Waals surface area contributed by atoms with Gasteiger partial charge >= 0.3 is 13.9 Å². The molecule has 0 spiro atoms. The van der Waals surface area contributed by atoms with Crippen molar-refractivity contribution >= 4 is 23.9 Å². The van der Waals surface area contributed by atoms with E-state index in [0.717, 1.165) is 4.31 Å². The zero-order valence-electron chi connectivity index (χ0n) is 26.0. The quantitative estimate of drug-likeness (QED) is 0.0973. The Hall–Kier alpha value is -1.57. The number of nitrogens with one attached hydrogen (secondary N) is 1. The second kappa shape index (κ2) is 18.3. The van der Waals surface area contributed by atoms with E-state index in [0.29, 0.717) is 19.4 Å². The van der Waals surface area contributed by atoms with Crippen molar-refractivity contribution in [3.05, 3.63) is 35.3 Å². The zero-order chi connectivity index (χ0) is 32.1. The molecule has 1 saturated heterocycles. The van der Waals surface area contributed by atoms with Gasteiger partial charge in [-0.15, -0.1) is 0 Å². The smallest absolute Gasteiger partial charge is 0.444 e. The molecule has 1 fully saturated rings. The average Bonchev–Trinajstić information content (AvgIpc) is 3.38. The minimum Gasteiger partial charge on any atom is -0.444 e. The van der Waals surface area contributed by atoms with Gasteiger partial charge in [-0.3, -0.25) is 4.52 Å². The second-order valence-electron chi connectivity index (χ2n) is 11.2. The lowest BCUT2D eigenvalue weighted by atomic mass is 9.93. The SMILES string of the molecule is C/C=C\C(CC)C[C@H](NC(=O)O[C@H]1CCOC1)[C@@H](CN(CC(C)C)S(=O)(=O)C(/C=C\[C@@H](C)[C@@H](C)N)=C/C)OP(=O)(O)O. The van der Waals surface area contributed by atoms with Crippen LogP contribution in [0.5, 0.6) is 0 Å². The third-order valence-corrected chi connectivity index (χ3v) is 9.49. The number of nitrogens with two attached hydrogens (primary N) is 1. The highest BCUT2D eigenvalue weighted by Gasteiger charge is 2.37. The van der Waals surface area contributed by atoms with E-state index in [9.17, 15) is 27.6 Å². The number of ether oxygens (including phenoxy) is 2. The van der Waals surface area contributed by atoms with Gasteiger partial charge in [0.15, 0.2) is 0 Å². The molecule has 0 saturated carbocycles. The Morgan fingerprint density at radius 3 is 2.33 bits per heavy atom. The number of amides is 1. The molecule has 1 amide bonds. The highest BCUT2D eigenvalue weighted by molar-refractivity contribution is 7.93. The van der Waals surface area contributed by atoms with Gasteiger partial charge in [0.25, 0.3) is 0 Å². The first-order valence-electron chi connectivity index (χ1n) is 14.6. The molecule has 0 aromatic rings. The molecule has 1 rings (SSSR count). The van der Waals surface area contributed by atoms with E-state index in [1.54, 1.807) is 13.0 Å². The maximum Gasteiger partial charge on any atom is 0.469 e. The van der Waals surface area contributed by atoms with Gasteiger partial charge < -0.3 is 30.3 Å². The third-order valence-electron chi connectivity index (χ3n) is 7.00. The topological polar surface area (TPSA) is 178 Å². The molecule has 1 aliphatic heterocycles. The van der Waals surface area contributed by atoms with Gasteiger partial charge in [0, 0.05) is 25.6 Å². The molecule has 0 aromatic carbocycles. The number of hydrogen-bond donors (Lipinski definition) is 4. The number of rotatable bonds is 18. The van der Waals surface area contributed by atoms with Crippen LogP contribution in [0.4, 0.5) is 4.79 Å². The number of phosphoric acid groups is 1. The summed E-state index contributed by atoms with van der Waals surface area (Å²) in [4.78, 5) is 32.6. The minimum atomic E-state index is -5.12. The van der Waals surface area contributed by atoms with E-state index in [2.05, 4.69) is 5.32 Å². The molecule has 0 radical (unpaired) electrons. The van der Waals surface area contributed by atoms with Crippen molar-refractivity contribution < 1.29 is 41.6 Å². The lowest BCUT2D eigenvalue weighted by molar-refractivity contribution is 0.0565. The lowest BCUT2D eigenvalue weighted by Gasteiger charge is -2.34. The summed E-state index contributed by atoms with van der Waals surface area (Å²) in [5, 5.41) is 2.71. The first-order valence-corrected chi connectivity index (χ1v) is 17.5. The van der Waals surface area contributed by atoms with E-state index in [4.69, 9.17) is 19.7 Å². The van der Waals surface area contributed by atoms with E-state index in [-0.39, 0.29) is 48.3 Å². The van der Waals surface area contributed by atoms with Crippen LogP contribution < -0.4 is 11.1 Å². The lowest BCUT2D eigenvalue weighted by Crippen LogP contribution is -2.52. The van der Waals surface area contributed by atoms with E-state index in [1.807, 2.05) is 53.7 Å². The molecular weight excluding hydrogens is 585 g/mol. The van der Waals surface area contributed by atoms with Gasteiger partial charge in [0.05, 0.1) is 24.2 Å². The predicted octanol–water partition coefficient (Wildman–Crippen LogP) is 4.07. The van der Waals surface area contributed by atoms with E-state index < -0.39 is 48.7 Å². The highest BCUT2D eigenvalue weighted by Crippen LogP contribution is 2.39. The normalized spacial score (nSPS) is 20.8. The number of carbonyl (C=O) groups excluding carboxylic acids is 1.